The van der Waals surface area contributed by atoms with Gasteiger partial charge in [-0.05, 0) is 12.8 Å². The zero-order chi connectivity index (χ0) is 13.2. The van der Waals surface area contributed by atoms with E-state index in [9.17, 15) is 4.79 Å². The molecule has 1 aromatic rings. The van der Waals surface area contributed by atoms with Gasteiger partial charge in [-0.3, -0.25) is 9.69 Å². The van der Waals surface area contributed by atoms with Crippen LogP contribution in [0.2, 0.25) is 0 Å². The van der Waals surface area contributed by atoms with Gasteiger partial charge in [-0.2, -0.15) is 0 Å². The Morgan fingerprint density at radius 1 is 1.67 bits per heavy atom. The molecule has 0 bridgehead atoms. The maximum atomic E-state index is 11.1. The lowest BCUT2D eigenvalue weighted by Gasteiger charge is -2.20. The van der Waals surface area contributed by atoms with E-state index in [4.69, 9.17) is 10.8 Å². The molecule has 2 rings (SSSR count). The van der Waals surface area contributed by atoms with Crippen molar-refractivity contribution in [1.29, 1.82) is 0 Å². The first-order chi connectivity index (χ1) is 8.55. The van der Waals surface area contributed by atoms with Crippen molar-refractivity contribution in [3.05, 3.63) is 18.2 Å². The number of aromatic nitrogens is 2. The molecule has 0 aliphatic carbocycles. The summed E-state index contributed by atoms with van der Waals surface area (Å²) >= 11 is 0. The molecule has 1 saturated heterocycles. The third kappa shape index (κ3) is 2.54. The summed E-state index contributed by atoms with van der Waals surface area (Å²) in [5.41, 5.74) is 4.75. The van der Waals surface area contributed by atoms with E-state index in [0.29, 0.717) is 26.1 Å². The second-order valence-electron chi connectivity index (χ2n) is 4.96. The van der Waals surface area contributed by atoms with E-state index in [1.54, 1.807) is 6.20 Å². The first-order valence-corrected chi connectivity index (χ1v) is 6.30. The Bertz CT molecular complexity index is 431. The minimum absolute atomic E-state index is 0.390. The molecule has 1 aliphatic heterocycles. The summed E-state index contributed by atoms with van der Waals surface area (Å²) in [6, 6.07) is 0. The van der Waals surface area contributed by atoms with Crippen molar-refractivity contribution in [3.63, 3.8) is 0 Å². The number of hydrogen-bond donors (Lipinski definition) is 2. The van der Waals surface area contributed by atoms with Gasteiger partial charge in [0.05, 0.1) is 6.54 Å². The Hall–Kier alpha value is -1.40. The lowest BCUT2D eigenvalue weighted by Crippen LogP contribution is -2.50. The fourth-order valence-electron chi connectivity index (χ4n) is 2.36. The predicted octanol–water partition coefficient (Wildman–Crippen LogP) is 0.281. The topological polar surface area (TPSA) is 84.4 Å². The normalized spacial score (nSPS) is 24.6. The minimum Gasteiger partial charge on any atom is -0.480 e. The average molecular weight is 252 g/mol. The third-order valence-electron chi connectivity index (χ3n) is 3.44. The highest BCUT2D eigenvalue weighted by molar-refractivity contribution is 5.79. The van der Waals surface area contributed by atoms with Crippen LogP contribution in [0.4, 0.5) is 0 Å². The van der Waals surface area contributed by atoms with Crippen LogP contribution in [-0.2, 0) is 17.9 Å². The average Bonchev–Trinajstić information content (AvgIpc) is 2.89. The Balaban J connectivity index is 1.99. The molecule has 1 aromatic heterocycles. The number of imidazole rings is 1. The number of aliphatic carboxylic acids is 1. The molecular weight excluding hydrogens is 232 g/mol. The van der Waals surface area contributed by atoms with E-state index >= 15 is 0 Å². The largest absolute Gasteiger partial charge is 0.480 e. The Labute approximate surface area is 106 Å². The quantitative estimate of drug-likeness (QED) is 0.786. The molecule has 1 aliphatic rings. The first-order valence-electron chi connectivity index (χ1n) is 6.30. The number of rotatable bonds is 5. The van der Waals surface area contributed by atoms with Crippen molar-refractivity contribution >= 4 is 5.97 Å². The number of likely N-dealkylation sites (tertiary alicyclic amines) is 1. The van der Waals surface area contributed by atoms with Crippen LogP contribution < -0.4 is 5.73 Å². The molecule has 6 nitrogen and oxygen atoms in total. The predicted molar refractivity (Wildman–Crippen MR) is 67.0 cm³/mol. The second kappa shape index (κ2) is 5.07. The van der Waals surface area contributed by atoms with Crippen molar-refractivity contribution in [2.24, 2.45) is 5.73 Å². The van der Waals surface area contributed by atoms with Crippen LogP contribution in [0.15, 0.2) is 12.4 Å². The monoisotopic (exact) mass is 252 g/mol. The van der Waals surface area contributed by atoms with E-state index in [0.717, 1.165) is 18.8 Å². The van der Waals surface area contributed by atoms with Crippen LogP contribution in [-0.4, -0.2) is 44.2 Å². The Kier molecular flexibility index (Phi) is 3.68. The summed E-state index contributed by atoms with van der Waals surface area (Å²) in [6.07, 6.45) is 5.30. The molecule has 18 heavy (non-hydrogen) atoms. The molecule has 2 heterocycles. The molecule has 0 aromatic carbocycles. The third-order valence-corrected chi connectivity index (χ3v) is 3.44. The smallest absolute Gasteiger partial charge is 0.325 e. The zero-order valence-corrected chi connectivity index (χ0v) is 10.7. The van der Waals surface area contributed by atoms with Gasteiger partial charge in [0, 0.05) is 32.0 Å². The van der Waals surface area contributed by atoms with Crippen LogP contribution in [0.3, 0.4) is 0 Å². The number of nitrogens with two attached hydrogens (primary N) is 1. The molecule has 0 amide bonds. The molecule has 0 radical (unpaired) electrons. The Morgan fingerprint density at radius 2 is 2.44 bits per heavy atom. The molecule has 6 heteroatoms. The molecule has 0 spiro atoms. The molecule has 1 atom stereocenters. The summed E-state index contributed by atoms with van der Waals surface area (Å²) < 4.78 is 2.11. The maximum absolute atomic E-state index is 11.1. The summed E-state index contributed by atoms with van der Waals surface area (Å²) in [4.78, 5) is 17.5. The molecule has 100 valence electrons. The number of hydrogen-bond acceptors (Lipinski definition) is 4. The molecule has 1 fully saturated rings. The molecule has 1 unspecified atom stereocenters. The number of carboxylic acid groups (broad SMARTS) is 1. The van der Waals surface area contributed by atoms with Gasteiger partial charge in [-0.25, -0.2) is 4.98 Å². The number of nitrogens with zero attached hydrogens (tertiary/aromatic N) is 3. The number of aryl methyl sites for hydroxylation is 1. The first kappa shape index (κ1) is 13.0. The van der Waals surface area contributed by atoms with Gasteiger partial charge in [0.15, 0.2) is 0 Å². The maximum Gasteiger partial charge on any atom is 0.325 e. The Morgan fingerprint density at radius 3 is 3.06 bits per heavy atom. The summed E-state index contributed by atoms with van der Waals surface area (Å²) in [5.74, 6) is 0.0633. The highest BCUT2D eigenvalue weighted by Gasteiger charge is 2.41. The van der Waals surface area contributed by atoms with Gasteiger partial charge in [0.2, 0.25) is 0 Å². The standard InChI is InChI=1S/C12H20N4O2/c1-2-5-16-7-4-14-10(16)8-15-6-3-12(13,9-15)11(17)18/h4,7H,2-3,5-6,8-9,13H2,1H3,(H,17,18). The van der Waals surface area contributed by atoms with Gasteiger partial charge < -0.3 is 15.4 Å². The second-order valence-corrected chi connectivity index (χ2v) is 4.96. The summed E-state index contributed by atoms with van der Waals surface area (Å²) in [5, 5.41) is 9.08. The van der Waals surface area contributed by atoms with Gasteiger partial charge in [-0.1, -0.05) is 6.92 Å². The number of carbonyl (C=O) groups is 1. The van der Waals surface area contributed by atoms with E-state index < -0.39 is 11.5 Å². The molecular formula is C12H20N4O2. The van der Waals surface area contributed by atoms with Crippen molar-refractivity contribution < 1.29 is 9.90 Å². The van der Waals surface area contributed by atoms with E-state index in [-0.39, 0.29) is 0 Å². The number of carboxylic acids is 1. The summed E-state index contributed by atoms with van der Waals surface area (Å²) in [6.45, 7) is 4.83. The van der Waals surface area contributed by atoms with Crippen LogP contribution in [0.25, 0.3) is 0 Å². The van der Waals surface area contributed by atoms with E-state index in [1.165, 1.54) is 0 Å². The van der Waals surface area contributed by atoms with Gasteiger partial charge >= 0.3 is 5.97 Å². The molecule has 0 saturated carbocycles. The van der Waals surface area contributed by atoms with Gasteiger partial charge in [-0.15, -0.1) is 0 Å². The van der Waals surface area contributed by atoms with E-state index in [1.807, 2.05) is 6.20 Å². The van der Waals surface area contributed by atoms with E-state index in [2.05, 4.69) is 21.4 Å². The fraction of sp³-hybridized carbons (Fsp3) is 0.667. The zero-order valence-electron chi connectivity index (χ0n) is 10.7. The lowest BCUT2D eigenvalue weighted by atomic mass is 10.0. The lowest BCUT2D eigenvalue weighted by molar-refractivity contribution is -0.142. The highest BCUT2D eigenvalue weighted by atomic mass is 16.4. The van der Waals surface area contributed by atoms with Crippen LogP contribution >= 0.6 is 0 Å². The SMILES string of the molecule is CCCn1ccnc1CN1CCC(N)(C(=O)O)C1. The van der Waals surface area contributed by atoms with Crippen molar-refractivity contribution in [1.82, 2.24) is 14.5 Å². The van der Waals surface area contributed by atoms with Crippen LogP contribution in [0, 0.1) is 0 Å². The van der Waals surface area contributed by atoms with Crippen LogP contribution in [0.5, 0.6) is 0 Å². The molecule has 3 N–H and O–H groups in total. The van der Waals surface area contributed by atoms with Crippen molar-refractivity contribution in [2.75, 3.05) is 13.1 Å². The minimum atomic E-state index is -1.10. The van der Waals surface area contributed by atoms with Crippen molar-refractivity contribution in [2.45, 2.75) is 38.4 Å². The fourth-order valence-corrected chi connectivity index (χ4v) is 2.36. The van der Waals surface area contributed by atoms with Gasteiger partial charge in [0.25, 0.3) is 0 Å². The van der Waals surface area contributed by atoms with Crippen molar-refractivity contribution in [3.8, 4) is 0 Å². The van der Waals surface area contributed by atoms with Crippen LogP contribution in [0.1, 0.15) is 25.6 Å². The highest BCUT2D eigenvalue weighted by Crippen LogP contribution is 2.20. The van der Waals surface area contributed by atoms with Gasteiger partial charge in [0.1, 0.15) is 11.4 Å². The summed E-state index contributed by atoms with van der Waals surface area (Å²) in [7, 11) is 0.